The highest BCUT2D eigenvalue weighted by atomic mass is 28.2. The van der Waals surface area contributed by atoms with Crippen LogP contribution in [0.1, 0.15) is 60.9 Å². The molecule has 0 fully saturated rings. The van der Waals surface area contributed by atoms with Gasteiger partial charge in [-0.15, -0.1) is 0 Å². The summed E-state index contributed by atoms with van der Waals surface area (Å²) in [7, 11) is 0.239. The smallest absolute Gasteiger partial charge is 0.336 e. The van der Waals surface area contributed by atoms with Gasteiger partial charge in [0.15, 0.2) is 0 Å². The summed E-state index contributed by atoms with van der Waals surface area (Å²) >= 11 is 0. The molecule has 2 radical (unpaired) electrons. The molecule has 1 aromatic carbocycles. The highest BCUT2D eigenvalue weighted by Gasteiger charge is 2.27. The van der Waals surface area contributed by atoms with Gasteiger partial charge in [0.1, 0.15) is 0 Å². The van der Waals surface area contributed by atoms with Crippen LogP contribution < -0.4 is 0 Å². The van der Waals surface area contributed by atoms with Gasteiger partial charge in [-0.05, 0) is 36.6 Å². The molecule has 6 heteroatoms. The van der Waals surface area contributed by atoms with Gasteiger partial charge in [-0.25, -0.2) is 9.59 Å². The third kappa shape index (κ3) is 4.68. The first kappa shape index (κ1) is 17.4. The second-order valence-corrected chi connectivity index (χ2v) is 8.24. The molecule has 0 aliphatic rings. The van der Waals surface area contributed by atoms with Gasteiger partial charge >= 0.3 is 11.9 Å². The average molecular weight is 308 g/mol. The van der Waals surface area contributed by atoms with E-state index in [0.717, 1.165) is 0 Å². The molecule has 0 heterocycles. The Kier molecular flexibility index (Phi) is 4.96. The fraction of sp³-hybridized carbons (Fsp3) is 0.467. The predicted octanol–water partition coefficient (Wildman–Crippen LogP) is 3.17. The third-order valence-electron chi connectivity index (χ3n) is 2.79. The van der Waals surface area contributed by atoms with Crippen LogP contribution in [0.4, 0.5) is 0 Å². The fourth-order valence-corrected chi connectivity index (χ4v) is 2.30. The van der Waals surface area contributed by atoms with Crippen molar-refractivity contribution in [3.8, 4) is 0 Å². The Morgan fingerprint density at radius 3 is 1.95 bits per heavy atom. The quantitative estimate of drug-likeness (QED) is 0.816. The van der Waals surface area contributed by atoms with E-state index in [1.165, 1.54) is 12.1 Å². The van der Waals surface area contributed by atoms with Gasteiger partial charge in [-0.1, -0.05) is 26.8 Å². The number of carboxylic acids is 2. The molecule has 0 aliphatic carbocycles. The van der Waals surface area contributed by atoms with Crippen molar-refractivity contribution in [2.45, 2.75) is 45.3 Å². The zero-order chi connectivity index (χ0) is 16.4. The monoisotopic (exact) mass is 308 g/mol. The molecule has 5 nitrogen and oxygen atoms in total. The topological polar surface area (TPSA) is 83.8 Å². The Hall–Kier alpha value is -1.66. The first-order chi connectivity index (χ1) is 9.44. The van der Waals surface area contributed by atoms with Crippen LogP contribution in [-0.2, 0) is 10.0 Å². The van der Waals surface area contributed by atoms with E-state index in [2.05, 4.69) is 20.8 Å². The summed E-state index contributed by atoms with van der Waals surface area (Å²) in [5.74, 6) is -2.52. The van der Waals surface area contributed by atoms with Crippen LogP contribution in [0.25, 0.3) is 0 Å². The van der Waals surface area contributed by atoms with Gasteiger partial charge in [0.25, 0.3) is 0 Å². The van der Waals surface area contributed by atoms with Gasteiger partial charge in [0, 0.05) is 0 Å². The van der Waals surface area contributed by atoms with Crippen molar-refractivity contribution in [2.75, 3.05) is 0 Å². The Morgan fingerprint density at radius 1 is 1.00 bits per heavy atom. The maximum absolute atomic E-state index is 11.2. The van der Waals surface area contributed by atoms with Crippen molar-refractivity contribution >= 4 is 21.7 Å². The first-order valence-corrected chi connectivity index (χ1v) is 7.41. The van der Waals surface area contributed by atoms with E-state index in [9.17, 15) is 9.59 Å². The minimum atomic E-state index is -1.26. The minimum absolute atomic E-state index is 0.00784. The summed E-state index contributed by atoms with van der Waals surface area (Å²) in [6.07, 6.45) is 0. The number of benzene rings is 1. The van der Waals surface area contributed by atoms with Crippen LogP contribution in [0.2, 0.25) is 5.04 Å². The molecule has 0 aromatic heterocycles. The van der Waals surface area contributed by atoms with Crippen LogP contribution in [0.5, 0.6) is 0 Å². The van der Waals surface area contributed by atoms with Crippen LogP contribution in [0.3, 0.4) is 0 Å². The number of aromatic carboxylic acids is 2. The van der Waals surface area contributed by atoms with Crippen LogP contribution in [-0.4, -0.2) is 31.9 Å². The number of hydrogen-bond donors (Lipinski definition) is 2. The van der Waals surface area contributed by atoms with Crippen molar-refractivity contribution < 1.29 is 24.2 Å². The van der Waals surface area contributed by atoms with E-state index >= 15 is 0 Å². The summed E-state index contributed by atoms with van der Waals surface area (Å²) in [5.41, 5.74) is -0.495. The summed E-state index contributed by atoms with van der Waals surface area (Å²) in [6, 6.07) is 4.29. The van der Waals surface area contributed by atoms with Crippen LogP contribution in [0.15, 0.2) is 18.2 Å². The Labute approximate surface area is 126 Å². The lowest BCUT2D eigenvalue weighted by Crippen LogP contribution is -2.28. The van der Waals surface area contributed by atoms with Crippen LogP contribution in [0, 0.1) is 0 Å². The highest BCUT2D eigenvalue weighted by molar-refractivity contribution is 6.31. The normalized spacial score (nSPS) is 12.2. The summed E-state index contributed by atoms with van der Waals surface area (Å²) in [6.45, 7) is 9.84. The molecule has 1 aromatic rings. The second-order valence-electron chi connectivity index (χ2n) is 6.34. The van der Waals surface area contributed by atoms with Gasteiger partial charge in [0.05, 0.1) is 16.7 Å². The van der Waals surface area contributed by atoms with E-state index < -0.39 is 17.5 Å². The predicted molar refractivity (Wildman–Crippen MR) is 79.9 cm³/mol. The summed E-state index contributed by atoms with van der Waals surface area (Å²) in [5, 5.41) is 18.2. The first-order valence-electron chi connectivity index (χ1n) is 6.50. The van der Waals surface area contributed by atoms with Crippen molar-refractivity contribution in [3.05, 3.63) is 34.9 Å². The zero-order valence-corrected chi connectivity index (χ0v) is 13.9. The molecule has 21 heavy (non-hydrogen) atoms. The van der Waals surface area contributed by atoms with Gasteiger partial charge in [-0.2, -0.15) is 0 Å². The van der Waals surface area contributed by atoms with E-state index in [0.29, 0.717) is 5.56 Å². The Balaban J connectivity index is 3.16. The number of rotatable bonds is 5. The van der Waals surface area contributed by atoms with Gasteiger partial charge < -0.3 is 14.6 Å². The average Bonchev–Trinajstić information content (AvgIpc) is 2.34. The molecule has 114 valence electrons. The van der Waals surface area contributed by atoms with Crippen molar-refractivity contribution in [1.82, 2.24) is 0 Å². The third-order valence-corrected chi connectivity index (χ3v) is 4.01. The lowest BCUT2D eigenvalue weighted by Gasteiger charge is -2.30. The van der Waals surface area contributed by atoms with E-state index in [1.807, 2.05) is 13.8 Å². The van der Waals surface area contributed by atoms with E-state index in [4.69, 9.17) is 14.6 Å². The maximum atomic E-state index is 11.2. The molecule has 0 unspecified atom stereocenters. The van der Waals surface area contributed by atoms with E-state index in [-0.39, 0.29) is 25.9 Å². The molecule has 0 saturated carbocycles. The van der Waals surface area contributed by atoms with Crippen LogP contribution >= 0.6 is 0 Å². The lowest BCUT2D eigenvalue weighted by atomic mass is 9.94. The Bertz CT molecular complexity index is 558. The maximum Gasteiger partial charge on any atom is 0.336 e. The molecule has 0 aliphatic heterocycles. The van der Waals surface area contributed by atoms with Crippen molar-refractivity contribution in [3.63, 3.8) is 0 Å². The van der Waals surface area contributed by atoms with E-state index in [1.54, 1.807) is 6.07 Å². The molecule has 0 bridgehead atoms. The molecule has 0 amide bonds. The van der Waals surface area contributed by atoms with Crippen molar-refractivity contribution in [1.29, 1.82) is 0 Å². The SMILES string of the molecule is CC(C)(C)[Si]OC(C)(C)c1ccc(C(=O)O)c(C(=O)O)c1. The van der Waals surface area contributed by atoms with Gasteiger partial charge in [-0.3, -0.25) is 0 Å². The molecule has 0 saturated heterocycles. The largest absolute Gasteiger partial charge is 0.478 e. The number of carboxylic acid groups (broad SMARTS) is 2. The summed E-state index contributed by atoms with van der Waals surface area (Å²) in [4.78, 5) is 22.3. The molecule has 0 atom stereocenters. The zero-order valence-electron chi connectivity index (χ0n) is 12.9. The standard InChI is InChI=1S/C15H20O5Si/c1-14(2,3)21-20-15(4,5)9-6-7-10(12(16)17)11(8-9)13(18)19/h6-8H,1-5H3,(H,16,17)(H,18,19). The lowest BCUT2D eigenvalue weighted by molar-refractivity contribution is 0.0649. The fourth-order valence-electron chi connectivity index (χ4n) is 1.62. The molecule has 2 N–H and O–H groups in total. The van der Waals surface area contributed by atoms with Crippen molar-refractivity contribution in [2.24, 2.45) is 0 Å². The molecule has 0 spiro atoms. The second kappa shape index (κ2) is 5.99. The highest BCUT2D eigenvalue weighted by Crippen LogP contribution is 2.30. The number of carbonyl (C=O) groups is 2. The summed E-state index contributed by atoms with van der Waals surface area (Å²) < 4.78 is 5.90. The molecular formula is C15H20O5Si. The minimum Gasteiger partial charge on any atom is -0.478 e. The molecule has 1 rings (SSSR count). The van der Waals surface area contributed by atoms with Gasteiger partial charge in [0.2, 0.25) is 9.76 Å². The molecular weight excluding hydrogens is 288 g/mol. The number of hydrogen-bond acceptors (Lipinski definition) is 3. The Morgan fingerprint density at radius 2 is 1.52 bits per heavy atom.